The Morgan fingerprint density at radius 2 is 0.625 bits per heavy atom. The molecule has 0 N–H and O–H groups in total. The van der Waals surface area contributed by atoms with E-state index in [0.29, 0.717) is 0 Å². The zero-order valence-corrected chi connectivity index (χ0v) is 28.2. The fraction of sp³-hybridized carbons (Fsp3) is 0.464. The molecule has 2 amide bonds. The number of hydrogen-bond acceptors (Lipinski definition) is 4. The van der Waals surface area contributed by atoms with E-state index in [1.54, 1.807) is 0 Å². The van der Waals surface area contributed by atoms with Crippen LogP contribution in [0.4, 0.5) is 136 Å². The summed E-state index contributed by atoms with van der Waals surface area (Å²) >= 11 is 0. The predicted molar refractivity (Wildman–Crippen MR) is 133 cm³/mol. The summed E-state index contributed by atoms with van der Waals surface area (Å²) in [7, 11) is 0. The molecule has 2 aromatic rings. The third-order valence-electron chi connectivity index (χ3n) is 8.38. The Hall–Kier alpha value is -5.12. The topological polar surface area (TPSA) is 63.7 Å². The van der Waals surface area contributed by atoms with Crippen molar-refractivity contribution in [2.45, 2.75) is 78.2 Å². The molecular weight excluding hydrogens is 1000 g/mol. The quantitative estimate of drug-likeness (QED) is 0.114. The highest BCUT2D eigenvalue weighted by Crippen LogP contribution is 2.68. The molecule has 1 saturated heterocycles. The summed E-state index contributed by atoms with van der Waals surface area (Å²) in [5.74, 6) is -133. The second-order valence-electron chi connectivity index (χ2n) is 12.2. The smallest absolute Gasteiger partial charge is 0.325 e. The fourth-order valence-electron chi connectivity index (χ4n) is 4.86. The van der Waals surface area contributed by atoms with Crippen LogP contribution in [-0.4, -0.2) is 82.3 Å². The maximum atomic E-state index is 14.9. The minimum absolute atomic E-state index is 0.614. The van der Waals surface area contributed by atoms with Crippen molar-refractivity contribution >= 4 is 17.8 Å². The zero-order valence-electron chi connectivity index (χ0n) is 28.2. The van der Waals surface area contributed by atoms with Crippen molar-refractivity contribution in [3.8, 4) is 11.1 Å². The van der Waals surface area contributed by atoms with E-state index < -0.39 is 170 Å². The lowest BCUT2D eigenvalue weighted by molar-refractivity contribution is -0.479. The van der Waals surface area contributed by atoms with Gasteiger partial charge in [0, 0.05) is 12.8 Å². The summed E-state index contributed by atoms with van der Waals surface area (Å²) in [4.78, 5) is 38.9. The van der Waals surface area contributed by atoms with E-state index in [2.05, 4.69) is 4.84 Å². The molecule has 2 aromatic carbocycles. The first-order valence-corrected chi connectivity index (χ1v) is 14.8. The summed E-state index contributed by atoms with van der Waals surface area (Å²) in [6.45, 7) is 0. The zero-order chi connectivity index (χ0) is 50.9. The van der Waals surface area contributed by atoms with E-state index in [1.165, 1.54) is 0 Å². The molecule has 0 bridgehead atoms. The number of carbonyl (C=O) groups excluding carboxylic acids is 3. The molecule has 0 atom stereocenters. The van der Waals surface area contributed by atoms with Crippen LogP contribution < -0.4 is 0 Å². The molecule has 5 nitrogen and oxygen atoms in total. The molecule has 1 fully saturated rings. The average molecular weight is 1010 g/mol. The van der Waals surface area contributed by atoms with E-state index in [-0.39, 0.29) is 0 Å². The number of hydroxylamine groups is 2. The van der Waals surface area contributed by atoms with Gasteiger partial charge in [-0.05, 0) is 0 Å². The Balaban J connectivity index is 2.27. The van der Waals surface area contributed by atoms with Gasteiger partial charge >= 0.3 is 71.4 Å². The molecule has 0 unspecified atom stereocenters. The van der Waals surface area contributed by atoms with Gasteiger partial charge < -0.3 is 4.84 Å². The minimum Gasteiger partial charge on any atom is -0.325 e. The molecule has 36 heteroatoms. The fourth-order valence-corrected chi connectivity index (χ4v) is 4.86. The first-order valence-electron chi connectivity index (χ1n) is 14.8. The molecule has 0 spiro atoms. The van der Waals surface area contributed by atoms with Crippen LogP contribution in [0.1, 0.15) is 28.8 Å². The van der Waals surface area contributed by atoms with Gasteiger partial charge in [0.2, 0.25) is 0 Å². The van der Waals surface area contributed by atoms with E-state index in [1.807, 2.05) is 0 Å². The number of alkyl halides is 23. The van der Waals surface area contributed by atoms with Crippen LogP contribution in [-0.2, 0) is 20.3 Å². The van der Waals surface area contributed by atoms with E-state index in [0.717, 1.165) is 0 Å². The Morgan fingerprint density at radius 1 is 0.375 bits per heavy atom. The summed E-state index contributed by atoms with van der Waals surface area (Å²) in [5.41, 5.74) is -14.7. The second kappa shape index (κ2) is 15.0. The van der Waals surface area contributed by atoms with Crippen molar-refractivity contribution in [3.63, 3.8) is 0 Å². The number of rotatable bonds is 13. The standard InChI is InChI=1S/C28H4F31NO4/c29-9-5(10(30)14(34)7(13(9)33)17(63)64-60-3(61)1-2-4(60)62)6-11(31)15(35)8(16(36)12(6)32)18(37,38)19(39,40)20(41,42)21(43,44)22(45,46)23(47,48)24(49,50)25(51,52)26(53,54)27(55,56)28(57,58)59/h1-2H2. The molecule has 0 saturated carbocycles. The predicted octanol–water partition coefficient (Wildman–Crippen LogP) is 11.1. The van der Waals surface area contributed by atoms with Crippen LogP contribution in [0.3, 0.4) is 0 Å². The molecule has 3 rings (SSSR count). The number of benzene rings is 2. The average Bonchev–Trinajstić information content (AvgIpc) is 3.45. The van der Waals surface area contributed by atoms with Crippen LogP contribution >= 0.6 is 0 Å². The molecule has 1 aliphatic rings. The van der Waals surface area contributed by atoms with Gasteiger partial charge in [-0.15, -0.1) is 5.06 Å². The van der Waals surface area contributed by atoms with Crippen molar-refractivity contribution < 1.29 is 155 Å². The first kappa shape index (κ1) is 53.2. The van der Waals surface area contributed by atoms with E-state index in [4.69, 9.17) is 0 Å². The van der Waals surface area contributed by atoms with Gasteiger partial charge in [0.1, 0.15) is 11.1 Å². The van der Waals surface area contributed by atoms with E-state index in [9.17, 15) is 150 Å². The number of halogens is 31. The molecular formula is C28H4F31NO4. The van der Waals surface area contributed by atoms with Crippen molar-refractivity contribution in [2.75, 3.05) is 0 Å². The van der Waals surface area contributed by atoms with Gasteiger partial charge in [-0.3, -0.25) is 9.59 Å². The van der Waals surface area contributed by atoms with Crippen molar-refractivity contribution in [3.05, 3.63) is 57.7 Å². The number of imide groups is 1. The summed E-state index contributed by atoms with van der Waals surface area (Å²) in [5, 5.41) is -0.614. The van der Waals surface area contributed by atoms with Crippen LogP contribution in [0.25, 0.3) is 11.1 Å². The van der Waals surface area contributed by atoms with Crippen molar-refractivity contribution in [2.24, 2.45) is 0 Å². The lowest BCUT2D eigenvalue weighted by atomic mass is 9.84. The van der Waals surface area contributed by atoms with Gasteiger partial charge in [-0.2, -0.15) is 101 Å². The maximum Gasteiger partial charge on any atom is 0.460 e. The molecule has 1 aliphatic heterocycles. The highest BCUT2D eigenvalue weighted by atomic mass is 19.4. The van der Waals surface area contributed by atoms with Gasteiger partial charge in [0.15, 0.2) is 46.5 Å². The van der Waals surface area contributed by atoms with E-state index >= 15 is 0 Å². The van der Waals surface area contributed by atoms with Crippen LogP contribution in [0.5, 0.6) is 0 Å². The Bertz CT molecular complexity index is 2200. The SMILES string of the molecule is O=C(ON1C(=O)CCC1=O)c1c(F)c(F)c(-c2c(F)c(F)c(C(F)(F)C(F)(F)C(F)(F)C(F)(F)C(F)(F)C(F)(F)C(F)(F)C(F)(F)C(F)(F)C(F)(F)C(F)(F)F)c(F)c2F)c(F)c1F. The third kappa shape index (κ3) is 6.61. The van der Waals surface area contributed by atoms with Gasteiger partial charge in [0.05, 0.1) is 11.1 Å². The Morgan fingerprint density at radius 3 is 0.906 bits per heavy atom. The Kier molecular flexibility index (Phi) is 12.4. The summed E-state index contributed by atoms with van der Waals surface area (Å²) in [6, 6.07) is 0. The highest BCUT2D eigenvalue weighted by Gasteiger charge is 2.99. The highest BCUT2D eigenvalue weighted by molar-refractivity contribution is 6.03. The summed E-state index contributed by atoms with van der Waals surface area (Å²) in [6.07, 6.45) is -9.94. The van der Waals surface area contributed by atoms with Crippen LogP contribution in [0.2, 0.25) is 0 Å². The number of carbonyl (C=O) groups is 3. The first-order chi connectivity index (χ1) is 28.1. The summed E-state index contributed by atoms with van der Waals surface area (Å²) < 4.78 is 435. The maximum absolute atomic E-state index is 14.9. The number of hydrogen-bond donors (Lipinski definition) is 0. The molecule has 0 aliphatic carbocycles. The van der Waals surface area contributed by atoms with Gasteiger partial charge in [-0.25, -0.2) is 39.9 Å². The van der Waals surface area contributed by atoms with Gasteiger partial charge in [0.25, 0.3) is 11.8 Å². The normalized spacial score (nSPS) is 16.0. The van der Waals surface area contributed by atoms with Crippen LogP contribution in [0.15, 0.2) is 0 Å². The van der Waals surface area contributed by atoms with Crippen molar-refractivity contribution in [1.29, 1.82) is 0 Å². The van der Waals surface area contributed by atoms with Gasteiger partial charge in [-0.1, -0.05) is 0 Å². The molecule has 64 heavy (non-hydrogen) atoms. The monoisotopic (exact) mass is 1010 g/mol. The molecule has 0 aromatic heterocycles. The lowest BCUT2D eigenvalue weighted by Gasteiger charge is -2.45. The largest absolute Gasteiger partial charge is 0.460 e. The third-order valence-corrected chi connectivity index (χ3v) is 8.38. The second-order valence-corrected chi connectivity index (χ2v) is 12.2. The molecule has 0 radical (unpaired) electrons. The minimum atomic E-state index is -9.93. The lowest BCUT2D eigenvalue weighted by Crippen LogP contribution is -2.77. The molecule has 1 heterocycles. The van der Waals surface area contributed by atoms with Crippen molar-refractivity contribution in [1.82, 2.24) is 5.06 Å². The molecule has 362 valence electrons. The number of nitrogens with zero attached hydrogens (tertiary/aromatic N) is 1. The van der Waals surface area contributed by atoms with Crippen LogP contribution in [0, 0.1) is 46.5 Å². The Labute approximate surface area is 326 Å². The number of amides is 2.